The molecule has 0 aliphatic heterocycles. The second-order valence-corrected chi connectivity index (χ2v) is 3.11. The molecule has 0 saturated heterocycles. The first-order valence-corrected chi connectivity index (χ1v) is 4.24. The normalized spacial score (nSPS) is 9.50. The third kappa shape index (κ3) is 1.87. The number of hydrogen-bond donors (Lipinski definition) is 3. The lowest BCUT2D eigenvalue weighted by Crippen LogP contribution is -2.04. The quantitative estimate of drug-likeness (QED) is 0.633. The average molecular weight is 208 g/mol. The fourth-order valence-corrected chi connectivity index (χ4v) is 1.34. The fraction of sp³-hybridized carbons (Fsp3) is 0.111. The summed E-state index contributed by atoms with van der Waals surface area (Å²) in [5, 5.41) is 17.5. The van der Waals surface area contributed by atoms with E-state index in [1.54, 1.807) is 0 Å². The van der Waals surface area contributed by atoms with E-state index in [-0.39, 0.29) is 22.6 Å². The van der Waals surface area contributed by atoms with E-state index >= 15 is 0 Å². The first-order valence-electron chi connectivity index (χ1n) is 3.79. The summed E-state index contributed by atoms with van der Waals surface area (Å²) >= 11 is 3.97. The molecule has 0 aliphatic carbocycles. The Hall–Kier alpha value is -1.51. The van der Waals surface area contributed by atoms with E-state index in [1.165, 1.54) is 12.1 Å². The fourth-order valence-electron chi connectivity index (χ4n) is 1.06. The SMILES string of the molecule is N#Cc1cc(CN)cc(C(=O)O)c1S. The Morgan fingerprint density at radius 1 is 1.64 bits per heavy atom. The van der Waals surface area contributed by atoms with Crippen LogP contribution in [-0.2, 0) is 6.54 Å². The standard InChI is InChI=1S/C9H8N2O2S/c10-3-5-1-6(4-11)8(14)7(2-5)9(12)13/h1-2,14H,3,10H2,(H,12,13). The van der Waals surface area contributed by atoms with Crippen molar-refractivity contribution in [1.82, 2.24) is 0 Å². The van der Waals surface area contributed by atoms with Crippen molar-refractivity contribution in [1.29, 1.82) is 5.26 Å². The predicted molar refractivity (Wildman–Crippen MR) is 53.3 cm³/mol. The van der Waals surface area contributed by atoms with E-state index in [0.717, 1.165) is 0 Å². The summed E-state index contributed by atoms with van der Waals surface area (Å²) in [4.78, 5) is 10.9. The number of nitriles is 1. The molecule has 0 spiro atoms. The van der Waals surface area contributed by atoms with Gasteiger partial charge in [-0.05, 0) is 17.7 Å². The number of thiol groups is 1. The largest absolute Gasteiger partial charge is 0.478 e. The van der Waals surface area contributed by atoms with E-state index in [0.29, 0.717) is 5.56 Å². The third-order valence-electron chi connectivity index (χ3n) is 1.76. The molecule has 1 aromatic carbocycles. The summed E-state index contributed by atoms with van der Waals surface area (Å²) < 4.78 is 0. The van der Waals surface area contributed by atoms with Crippen LogP contribution in [0, 0.1) is 11.3 Å². The molecule has 4 nitrogen and oxygen atoms in total. The van der Waals surface area contributed by atoms with Gasteiger partial charge in [0.15, 0.2) is 0 Å². The van der Waals surface area contributed by atoms with Gasteiger partial charge in [0.25, 0.3) is 0 Å². The molecule has 0 amide bonds. The molecule has 0 radical (unpaired) electrons. The van der Waals surface area contributed by atoms with Gasteiger partial charge in [-0.15, -0.1) is 12.6 Å². The Balaban J connectivity index is 3.44. The summed E-state index contributed by atoms with van der Waals surface area (Å²) in [7, 11) is 0. The zero-order chi connectivity index (χ0) is 10.7. The second kappa shape index (κ2) is 4.13. The van der Waals surface area contributed by atoms with Gasteiger partial charge in [0, 0.05) is 11.4 Å². The van der Waals surface area contributed by atoms with E-state index in [2.05, 4.69) is 12.6 Å². The van der Waals surface area contributed by atoms with Crippen molar-refractivity contribution in [2.24, 2.45) is 5.73 Å². The van der Waals surface area contributed by atoms with Crippen molar-refractivity contribution in [3.05, 3.63) is 28.8 Å². The highest BCUT2D eigenvalue weighted by atomic mass is 32.1. The molecular formula is C9H8N2O2S. The van der Waals surface area contributed by atoms with Gasteiger partial charge in [0.1, 0.15) is 6.07 Å². The maximum Gasteiger partial charge on any atom is 0.336 e. The molecule has 0 aliphatic rings. The Bertz CT molecular complexity index is 424. The average Bonchev–Trinajstić information content (AvgIpc) is 2.17. The number of aromatic carboxylic acids is 1. The van der Waals surface area contributed by atoms with Gasteiger partial charge in [-0.2, -0.15) is 5.26 Å². The van der Waals surface area contributed by atoms with Crippen molar-refractivity contribution in [2.45, 2.75) is 11.4 Å². The minimum atomic E-state index is -1.11. The number of hydrogen-bond acceptors (Lipinski definition) is 4. The smallest absolute Gasteiger partial charge is 0.336 e. The molecule has 1 rings (SSSR count). The second-order valence-electron chi connectivity index (χ2n) is 2.66. The van der Waals surface area contributed by atoms with Gasteiger partial charge in [-0.25, -0.2) is 4.79 Å². The lowest BCUT2D eigenvalue weighted by Gasteiger charge is -2.04. The van der Waals surface area contributed by atoms with Crippen LogP contribution in [0.25, 0.3) is 0 Å². The molecule has 3 N–H and O–H groups in total. The van der Waals surface area contributed by atoms with Crippen LogP contribution < -0.4 is 5.73 Å². The molecule has 0 heterocycles. The Morgan fingerprint density at radius 2 is 2.29 bits per heavy atom. The molecule has 0 fully saturated rings. The van der Waals surface area contributed by atoms with Crippen LogP contribution >= 0.6 is 12.6 Å². The van der Waals surface area contributed by atoms with Gasteiger partial charge in [-0.1, -0.05) is 0 Å². The van der Waals surface area contributed by atoms with E-state index < -0.39 is 5.97 Å². The summed E-state index contributed by atoms with van der Waals surface area (Å²) in [6.07, 6.45) is 0. The van der Waals surface area contributed by atoms with Crippen LogP contribution in [0.1, 0.15) is 21.5 Å². The molecule has 14 heavy (non-hydrogen) atoms. The number of carboxylic acids is 1. The maximum absolute atomic E-state index is 10.8. The van der Waals surface area contributed by atoms with Crippen molar-refractivity contribution >= 4 is 18.6 Å². The molecular weight excluding hydrogens is 200 g/mol. The van der Waals surface area contributed by atoms with E-state index in [4.69, 9.17) is 16.1 Å². The summed E-state index contributed by atoms with van der Waals surface area (Å²) in [5.41, 5.74) is 6.21. The number of rotatable bonds is 2. The van der Waals surface area contributed by atoms with Crippen molar-refractivity contribution < 1.29 is 9.90 Å². The van der Waals surface area contributed by atoms with Gasteiger partial charge >= 0.3 is 5.97 Å². The summed E-state index contributed by atoms with van der Waals surface area (Å²) in [5.74, 6) is -1.11. The number of nitrogens with zero attached hydrogens (tertiary/aromatic N) is 1. The first kappa shape index (κ1) is 10.6. The minimum Gasteiger partial charge on any atom is -0.478 e. The maximum atomic E-state index is 10.8. The van der Waals surface area contributed by atoms with Crippen molar-refractivity contribution in [3.8, 4) is 6.07 Å². The minimum absolute atomic E-state index is 0.00725. The molecule has 1 aromatic rings. The third-order valence-corrected chi connectivity index (χ3v) is 2.24. The highest BCUT2D eigenvalue weighted by molar-refractivity contribution is 7.80. The monoisotopic (exact) mass is 208 g/mol. The predicted octanol–water partition coefficient (Wildman–Crippen LogP) is 1.00. The molecule has 72 valence electrons. The highest BCUT2D eigenvalue weighted by Gasteiger charge is 2.12. The van der Waals surface area contributed by atoms with Crippen LogP contribution in [-0.4, -0.2) is 11.1 Å². The summed E-state index contributed by atoms with van der Waals surface area (Å²) in [6.45, 7) is 0.197. The molecule has 0 unspecified atom stereocenters. The van der Waals surface area contributed by atoms with E-state index in [9.17, 15) is 4.79 Å². The van der Waals surface area contributed by atoms with Crippen molar-refractivity contribution in [3.63, 3.8) is 0 Å². The van der Waals surface area contributed by atoms with Gasteiger partial charge < -0.3 is 10.8 Å². The van der Waals surface area contributed by atoms with Crippen LogP contribution in [0.15, 0.2) is 17.0 Å². The zero-order valence-electron chi connectivity index (χ0n) is 7.19. The number of nitrogens with two attached hydrogens (primary N) is 1. The highest BCUT2D eigenvalue weighted by Crippen LogP contribution is 2.21. The number of benzene rings is 1. The Kier molecular flexibility index (Phi) is 3.12. The number of carbonyl (C=O) groups is 1. The van der Waals surface area contributed by atoms with Gasteiger partial charge in [-0.3, -0.25) is 0 Å². The first-order chi connectivity index (χ1) is 6.60. The summed E-state index contributed by atoms with van der Waals surface area (Å²) in [6, 6.07) is 4.83. The molecule has 0 bridgehead atoms. The van der Waals surface area contributed by atoms with Crippen LogP contribution in [0.2, 0.25) is 0 Å². The molecule has 0 saturated carbocycles. The molecule has 5 heteroatoms. The van der Waals surface area contributed by atoms with Gasteiger partial charge in [0.2, 0.25) is 0 Å². The molecule has 0 atom stereocenters. The Morgan fingerprint density at radius 3 is 2.71 bits per heavy atom. The van der Waals surface area contributed by atoms with Crippen LogP contribution in [0.5, 0.6) is 0 Å². The van der Waals surface area contributed by atoms with Crippen LogP contribution in [0.4, 0.5) is 0 Å². The molecule has 0 aromatic heterocycles. The lowest BCUT2D eigenvalue weighted by molar-refractivity contribution is 0.0693. The topological polar surface area (TPSA) is 87.1 Å². The van der Waals surface area contributed by atoms with Gasteiger partial charge in [0.05, 0.1) is 11.1 Å². The number of carboxylic acid groups (broad SMARTS) is 1. The van der Waals surface area contributed by atoms with Crippen LogP contribution in [0.3, 0.4) is 0 Å². The zero-order valence-corrected chi connectivity index (χ0v) is 8.08. The van der Waals surface area contributed by atoms with E-state index in [1.807, 2.05) is 6.07 Å². The Labute approximate surface area is 86.4 Å². The van der Waals surface area contributed by atoms with Crippen molar-refractivity contribution in [2.75, 3.05) is 0 Å². The lowest BCUT2D eigenvalue weighted by atomic mass is 10.1.